The molecule has 0 saturated carbocycles. The van der Waals surface area contributed by atoms with Crippen molar-refractivity contribution in [1.82, 2.24) is 30.6 Å². The largest absolute Gasteiger partial charge is 0.419 e. The van der Waals surface area contributed by atoms with Gasteiger partial charge in [-0.3, -0.25) is 14.7 Å². The average Bonchev–Trinajstić information content (AvgIpc) is 3.36. The highest BCUT2D eigenvalue weighted by molar-refractivity contribution is 5.92. The lowest BCUT2D eigenvalue weighted by molar-refractivity contribution is 0.0918. The van der Waals surface area contributed by atoms with Crippen molar-refractivity contribution >= 4 is 5.91 Å². The van der Waals surface area contributed by atoms with Gasteiger partial charge in [0.2, 0.25) is 11.8 Å². The van der Waals surface area contributed by atoms with Crippen molar-refractivity contribution in [2.45, 2.75) is 26.3 Å². The summed E-state index contributed by atoms with van der Waals surface area (Å²) in [5, 5.41) is 15.0. The number of carbonyl (C=O) groups is 1. The van der Waals surface area contributed by atoms with Crippen LogP contribution in [0.25, 0.3) is 11.5 Å². The van der Waals surface area contributed by atoms with Crippen LogP contribution in [0.1, 0.15) is 35.0 Å². The number of hydrogen-bond donors (Lipinski definition) is 1. The zero-order valence-corrected chi connectivity index (χ0v) is 15.7. The summed E-state index contributed by atoms with van der Waals surface area (Å²) >= 11 is 0. The number of aryl methyl sites for hydroxylation is 1. The normalized spacial score (nSPS) is 17.5. The van der Waals surface area contributed by atoms with E-state index in [0.29, 0.717) is 42.2 Å². The number of nitrogens with zero attached hydrogens (tertiary/aromatic N) is 5. The number of carbonyl (C=O) groups excluding carboxylic acids is 1. The van der Waals surface area contributed by atoms with Gasteiger partial charge in [0.05, 0.1) is 12.1 Å². The highest BCUT2D eigenvalue weighted by Gasteiger charge is 2.23. The molecule has 0 spiro atoms. The van der Waals surface area contributed by atoms with Crippen LogP contribution in [0.3, 0.4) is 0 Å². The molecule has 0 aliphatic carbocycles. The zero-order chi connectivity index (χ0) is 19.3. The van der Waals surface area contributed by atoms with Gasteiger partial charge in [0.15, 0.2) is 5.69 Å². The summed E-state index contributed by atoms with van der Waals surface area (Å²) in [6.45, 7) is 4.80. The Kier molecular flexibility index (Phi) is 5.43. The molecule has 1 fully saturated rings. The van der Waals surface area contributed by atoms with Crippen LogP contribution in [-0.4, -0.2) is 50.8 Å². The Morgan fingerprint density at radius 3 is 3.11 bits per heavy atom. The second-order valence-electron chi connectivity index (χ2n) is 7.02. The third-order valence-corrected chi connectivity index (χ3v) is 4.75. The second-order valence-corrected chi connectivity index (χ2v) is 7.02. The third-order valence-electron chi connectivity index (χ3n) is 4.75. The van der Waals surface area contributed by atoms with E-state index in [1.54, 1.807) is 25.4 Å². The first-order chi connectivity index (χ1) is 13.7. The number of likely N-dealkylation sites (tertiary alicyclic amines) is 1. The summed E-state index contributed by atoms with van der Waals surface area (Å²) in [5.74, 6) is 1.85. The van der Waals surface area contributed by atoms with Gasteiger partial charge < -0.3 is 14.3 Å². The van der Waals surface area contributed by atoms with Crippen molar-refractivity contribution in [3.05, 3.63) is 47.9 Å². The number of nitrogens with one attached hydrogen (secondary N) is 1. The number of pyridine rings is 1. The summed E-state index contributed by atoms with van der Waals surface area (Å²) in [6, 6.07) is 5.36. The summed E-state index contributed by atoms with van der Waals surface area (Å²) in [5.41, 5.74) is 1.13. The van der Waals surface area contributed by atoms with Crippen LogP contribution in [0.2, 0.25) is 0 Å². The van der Waals surface area contributed by atoms with E-state index < -0.39 is 0 Å². The van der Waals surface area contributed by atoms with Crippen LogP contribution < -0.4 is 5.32 Å². The Hall–Kier alpha value is -3.07. The van der Waals surface area contributed by atoms with Gasteiger partial charge in [-0.05, 0) is 44.4 Å². The lowest BCUT2D eigenvalue weighted by Crippen LogP contribution is -2.40. The average molecular weight is 382 g/mol. The van der Waals surface area contributed by atoms with Gasteiger partial charge in [-0.2, -0.15) is 0 Å². The van der Waals surface area contributed by atoms with Crippen LogP contribution in [0.4, 0.5) is 0 Å². The van der Waals surface area contributed by atoms with Crippen molar-refractivity contribution < 1.29 is 13.7 Å². The van der Waals surface area contributed by atoms with E-state index in [2.05, 4.69) is 30.6 Å². The van der Waals surface area contributed by atoms with E-state index in [1.165, 1.54) is 0 Å². The standard InChI is InChI=1S/C19H22N6O3/c1-13-8-16(24-28-13)18(26)21-9-14-4-3-7-25(11-14)12-17-22-23-19(27-17)15-5-2-6-20-10-15/h2,5-6,8,10,14H,3-4,7,9,11-12H2,1H3,(H,21,26)/t14-/m1/s1. The fraction of sp³-hybridized carbons (Fsp3) is 0.421. The third kappa shape index (κ3) is 4.42. The van der Waals surface area contributed by atoms with Gasteiger partial charge in [-0.1, -0.05) is 5.16 Å². The van der Waals surface area contributed by atoms with Crippen molar-refractivity contribution in [3.8, 4) is 11.5 Å². The molecule has 1 saturated heterocycles. The van der Waals surface area contributed by atoms with Gasteiger partial charge in [-0.15, -0.1) is 10.2 Å². The molecule has 0 bridgehead atoms. The number of hydrogen-bond acceptors (Lipinski definition) is 8. The van der Waals surface area contributed by atoms with E-state index in [4.69, 9.17) is 8.94 Å². The molecule has 3 aromatic rings. The van der Waals surface area contributed by atoms with Gasteiger partial charge in [0, 0.05) is 31.5 Å². The molecule has 9 heteroatoms. The molecule has 1 aliphatic heterocycles. The lowest BCUT2D eigenvalue weighted by atomic mass is 9.98. The van der Waals surface area contributed by atoms with Crippen LogP contribution in [0.15, 0.2) is 39.5 Å². The highest BCUT2D eigenvalue weighted by Crippen LogP contribution is 2.20. The number of aromatic nitrogens is 4. The minimum Gasteiger partial charge on any atom is -0.419 e. The molecule has 1 aliphatic rings. The molecule has 1 N–H and O–H groups in total. The van der Waals surface area contributed by atoms with Gasteiger partial charge in [-0.25, -0.2) is 0 Å². The van der Waals surface area contributed by atoms with Crippen molar-refractivity contribution in [2.75, 3.05) is 19.6 Å². The fourth-order valence-electron chi connectivity index (χ4n) is 3.38. The van der Waals surface area contributed by atoms with E-state index in [9.17, 15) is 4.79 Å². The first kappa shape index (κ1) is 18.3. The molecule has 4 heterocycles. The van der Waals surface area contributed by atoms with Crippen LogP contribution in [0.5, 0.6) is 0 Å². The van der Waals surface area contributed by atoms with Crippen molar-refractivity contribution in [3.63, 3.8) is 0 Å². The minimum absolute atomic E-state index is 0.202. The van der Waals surface area contributed by atoms with Gasteiger partial charge >= 0.3 is 0 Å². The molecule has 1 atom stereocenters. The highest BCUT2D eigenvalue weighted by atomic mass is 16.5. The molecular formula is C19H22N6O3. The Morgan fingerprint density at radius 2 is 2.32 bits per heavy atom. The van der Waals surface area contributed by atoms with Crippen molar-refractivity contribution in [1.29, 1.82) is 0 Å². The zero-order valence-electron chi connectivity index (χ0n) is 15.7. The number of rotatable bonds is 6. The maximum absolute atomic E-state index is 12.1. The predicted molar refractivity (Wildman–Crippen MR) is 99.1 cm³/mol. The summed E-state index contributed by atoms with van der Waals surface area (Å²) in [7, 11) is 0. The first-order valence-electron chi connectivity index (χ1n) is 9.34. The predicted octanol–water partition coefficient (Wildman–Crippen LogP) is 2.07. The van der Waals surface area contributed by atoms with E-state index in [-0.39, 0.29) is 5.91 Å². The molecule has 4 rings (SSSR count). The van der Waals surface area contributed by atoms with Gasteiger partial charge in [0.1, 0.15) is 5.76 Å². The Bertz CT molecular complexity index is 923. The molecule has 0 aromatic carbocycles. The summed E-state index contributed by atoms with van der Waals surface area (Å²) in [4.78, 5) is 18.5. The minimum atomic E-state index is -0.202. The van der Waals surface area contributed by atoms with E-state index >= 15 is 0 Å². The molecule has 28 heavy (non-hydrogen) atoms. The molecule has 0 radical (unpaired) electrons. The first-order valence-corrected chi connectivity index (χ1v) is 9.34. The van der Waals surface area contributed by atoms with Crippen molar-refractivity contribution in [2.24, 2.45) is 5.92 Å². The smallest absolute Gasteiger partial charge is 0.273 e. The molecule has 146 valence electrons. The maximum atomic E-state index is 12.1. The van der Waals surface area contributed by atoms with Crippen LogP contribution in [0, 0.1) is 12.8 Å². The Labute approximate surface area is 162 Å². The SMILES string of the molecule is Cc1cc(C(=O)NC[C@H]2CCCN(Cc3nnc(-c4cccnc4)o3)C2)no1. The number of piperidine rings is 1. The Morgan fingerprint density at radius 1 is 1.39 bits per heavy atom. The fourth-order valence-corrected chi connectivity index (χ4v) is 3.38. The van der Waals surface area contributed by atoms with Crippen LogP contribution >= 0.6 is 0 Å². The maximum Gasteiger partial charge on any atom is 0.273 e. The van der Waals surface area contributed by atoms with E-state index in [0.717, 1.165) is 31.5 Å². The molecule has 0 unspecified atom stereocenters. The monoisotopic (exact) mass is 382 g/mol. The quantitative estimate of drug-likeness (QED) is 0.690. The summed E-state index contributed by atoms with van der Waals surface area (Å²) in [6.07, 6.45) is 5.54. The summed E-state index contributed by atoms with van der Waals surface area (Å²) < 4.78 is 10.7. The lowest BCUT2D eigenvalue weighted by Gasteiger charge is -2.31. The molecule has 3 aromatic heterocycles. The molecule has 1 amide bonds. The van der Waals surface area contributed by atoms with Crippen LogP contribution in [-0.2, 0) is 6.54 Å². The second kappa shape index (κ2) is 8.30. The number of amides is 1. The van der Waals surface area contributed by atoms with E-state index in [1.807, 2.05) is 12.1 Å². The molecule has 9 nitrogen and oxygen atoms in total. The van der Waals surface area contributed by atoms with Gasteiger partial charge in [0.25, 0.3) is 5.91 Å². The topological polar surface area (TPSA) is 110 Å². The molecular weight excluding hydrogens is 360 g/mol. The Balaban J connectivity index is 1.29.